The van der Waals surface area contributed by atoms with Crippen molar-refractivity contribution in [3.63, 3.8) is 0 Å². The molecule has 0 radical (unpaired) electrons. The average Bonchev–Trinajstić information content (AvgIpc) is 3.47. The molecule has 124 valence electrons. The van der Waals surface area contributed by atoms with Crippen LogP contribution in [0.25, 0.3) is 27.8 Å². The Morgan fingerprint density at radius 3 is 2.84 bits per heavy atom. The van der Waals surface area contributed by atoms with Crippen molar-refractivity contribution in [3.8, 4) is 0 Å². The van der Waals surface area contributed by atoms with E-state index >= 15 is 0 Å². The molecule has 0 bridgehead atoms. The van der Waals surface area contributed by atoms with Crippen LogP contribution in [0.4, 0.5) is 0 Å². The van der Waals surface area contributed by atoms with Gasteiger partial charge in [0.05, 0.1) is 5.52 Å². The lowest BCUT2D eigenvalue weighted by atomic mass is 10.1. The van der Waals surface area contributed by atoms with E-state index in [4.69, 9.17) is 0 Å². The first-order valence-corrected chi connectivity index (χ1v) is 8.55. The van der Waals surface area contributed by atoms with Gasteiger partial charge in [0.25, 0.3) is 5.56 Å². The maximum atomic E-state index is 13.2. The fraction of sp³-hybridized carbons (Fsp3) is 0.263. The molecule has 1 N–H and O–H groups in total. The van der Waals surface area contributed by atoms with Crippen LogP contribution < -0.4 is 11.0 Å². The number of hydrogen-bond acceptors (Lipinski definition) is 4. The van der Waals surface area contributed by atoms with Crippen LogP contribution in [0.5, 0.6) is 0 Å². The second-order valence-electron chi connectivity index (χ2n) is 6.57. The molecule has 5 rings (SSSR count). The van der Waals surface area contributed by atoms with Crippen LogP contribution in [0.2, 0.25) is 0 Å². The molecule has 3 aromatic heterocycles. The highest BCUT2D eigenvalue weighted by Gasteiger charge is 2.31. The quantitative estimate of drug-likeness (QED) is 0.732. The lowest BCUT2D eigenvalue weighted by Crippen LogP contribution is -2.29. The maximum absolute atomic E-state index is 13.2. The summed E-state index contributed by atoms with van der Waals surface area (Å²) in [5, 5.41) is 0.0791. The molecule has 2 aliphatic rings. The molecular formula is C19H16N4O2. The van der Waals surface area contributed by atoms with Crippen molar-refractivity contribution in [2.45, 2.75) is 31.6 Å². The van der Waals surface area contributed by atoms with Gasteiger partial charge in [-0.2, -0.15) is 0 Å². The second kappa shape index (κ2) is 5.24. The minimum Gasteiger partial charge on any atom is -0.337 e. The van der Waals surface area contributed by atoms with Crippen molar-refractivity contribution in [2.24, 2.45) is 0 Å². The monoisotopic (exact) mass is 332 g/mol. The van der Waals surface area contributed by atoms with E-state index in [0.29, 0.717) is 11.2 Å². The molecule has 0 amide bonds. The van der Waals surface area contributed by atoms with Gasteiger partial charge in [0.15, 0.2) is 0 Å². The molecule has 6 heteroatoms. The number of H-pyrrole nitrogens is 1. The first kappa shape index (κ1) is 14.3. The molecule has 1 saturated carbocycles. The van der Waals surface area contributed by atoms with Crippen molar-refractivity contribution in [1.82, 2.24) is 19.5 Å². The summed E-state index contributed by atoms with van der Waals surface area (Å²) in [5.74, 6) is 1.02. The highest BCUT2D eigenvalue weighted by molar-refractivity contribution is 5.88. The average molecular weight is 332 g/mol. The Kier molecular flexibility index (Phi) is 3.00. The lowest BCUT2D eigenvalue weighted by Gasteiger charge is -2.15. The number of nitrogens with one attached hydrogen (secondary N) is 1. The number of aromatic amines is 1. The minimum absolute atomic E-state index is 0.0791. The number of rotatable bonds is 2. The predicted molar refractivity (Wildman–Crippen MR) is 96.5 cm³/mol. The predicted octanol–water partition coefficient (Wildman–Crippen LogP) is 2.70. The Labute approximate surface area is 142 Å². The highest BCUT2D eigenvalue weighted by Crippen LogP contribution is 2.39. The van der Waals surface area contributed by atoms with Crippen molar-refractivity contribution >= 4 is 27.8 Å². The fourth-order valence-corrected chi connectivity index (χ4v) is 3.40. The first-order valence-electron chi connectivity index (χ1n) is 8.55. The Hall–Kier alpha value is -3.02. The van der Waals surface area contributed by atoms with Gasteiger partial charge in [-0.1, -0.05) is 12.2 Å². The van der Waals surface area contributed by atoms with Crippen molar-refractivity contribution < 1.29 is 0 Å². The normalized spacial score (nSPS) is 17.2. The van der Waals surface area contributed by atoms with Gasteiger partial charge in [0.2, 0.25) is 5.43 Å². The highest BCUT2D eigenvalue weighted by atomic mass is 16.1. The summed E-state index contributed by atoms with van der Waals surface area (Å²) in [6.45, 7) is 0. The number of fused-ring (bicyclic) bond motifs is 2. The standard InChI is InChI=1S/C19H16N4O2/c24-16-14-17(21-13-7-4-10-20-15(13)16)22-18(11-8-9-11)23(19(14)25)12-5-2-1-3-6-12/h2,4-7,10-11H,1,3,8-9H2,(H,21,24). The third-order valence-electron chi connectivity index (χ3n) is 4.79. The van der Waals surface area contributed by atoms with Gasteiger partial charge in [-0.15, -0.1) is 0 Å². The largest absolute Gasteiger partial charge is 0.337 e. The number of allylic oxidation sites excluding steroid dienone is 4. The maximum Gasteiger partial charge on any atom is 0.271 e. The third-order valence-corrected chi connectivity index (χ3v) is 4.79. The molecule has 0 spiro atoms. The molecule has 3 heterocycles. The van der Waals surface area contributed by atoms with E-state index in [1.807, 2.05) is 12.2 Å². The molecule has 25 heavy (non-hydrogen) atoms. The molecule has 3 aromatic rings. The van der Waals surface area contributed by atoms with E-state index in [-0.39, 0.29) is 27.8 Å². The van der Waals surface area contributed by atoms with Crippen LogP contribution in [0, 0.1) is 0 Å². The van der Waals surface area contributed by atoms with Crippen molar-refractivity contribution in [1.29, 1.82) is 0 Å². The van der Waals surface area contributed by atoms with E-state index in [1.54, 1.807) is 22.9 Å². The summed E-state index contributed by atoms with van der Waals surface area (Å²) in [6, 6.07) is 3.53. The SMILES string of the molecule is O=c1c2ncccc2[nH]c2nc(C3CC3)n(C3=CCCC=C3)c(=O)c12. The summed E-state index contributed by atoms with van der Waals surface area (Å²) in [4.78, 5) is 38.1. The number of hydrogen-bond donors (Lipinski definition) is 1. The number of aromatic nitrogens is 4. The lowest BCUT2D eigenvalue weighted by molar-refractivity contribution is 0.829. The van der Waals surface area contributed by atoms with Crippen LogP contribution in [0.15, 0.2) is 46.1 Å². The Morgan fingerprint density at radius 1 is 1.20 bits per heavy atom. The molecule has 2 aliphatic carbocycles. The second-order valence-corrected chi connectivity index (χ2v) is 6.57. The third kappa shape index (κ3) is 2.17. The number of nitrogens with zero attached hydrogens (tertiary/aromatic N) is 3. The Morgan fingerprint density at radius 2 is 2.08 bits per heavy atom. The molecule has 0 unspecified atom stereocenters. The van der Waals surface area contributed by atoms with Gasteiger partial charge in [-0.3, -0.25) is 19.1 Å². The van der Waals surface area contributed by atoms with E-state index in [2.05, 4.69) is 21.0 Å². The zero-order valence-corrected chi connectivity index (χ0v) is 13.5. The van der Waals surface area contributed by atoms with Crippen LogP contribution in [-0.4, -0.2) is 19.5 Å². The smallest absolute Gasteiger partial charge is 0.271 e. The summed E-state index contributed by atoms with van der Waals surface area (Å²) in [6.07, 6.45) is 11.5. The molecule has 6 nitrogen and oxygen atoms in total. The van der Waals surface area contributed by atoms with Crippen LogP contribution in [0.1, 0.15) is 37.4 Å². The van der Waals surface area contributed by atoms with Gasteiger partial charge >= 0.3 is 0 Å². The van der Waals surface area contributed by atoms with E-state index in [0.717, 1.165) is 37.2 Å². The molecule has 0 aromatic carbocycles. The molecule has 1 fully saturated rings. The summed E-state index contributed by atoms with van der Waals surface area (Å²) in [7, 11) is 0. The fourth-order valence-electron chi connectivity index (χ4n) is 3.40. The van der Waals surface area contributed by atoms with Gasteiger partial charge in [-0.25, -0.2) is 4.98 Å². The number of pyridine rings is 2. The van der Waals surface area contributed by atoms with Gasteiger partial charge in [-0.05, 0) is 43.9 Å². The Bertz CT molecular complexity index is 1200. The summed E-state index contributed by atoms with van der Waals surface area (Å²) < 4.78 is 1.62. The van der Waals surface area contributed by atoms with Crippen LogP contribution >= 0.6 is 0 Å². The molecular weight excluding hydrogens is 316 g/mol. The first-order chi connectivity index (χ1) is 12.2. The summed E-state index contributed by atoms with van der Waals surface area (Å²) in [5.41, 5.74) is 1.37. The van der Waals surface area contributed by atoms with E-state index in [9.17, 15) is 9.59 Å². The molecule has 0 aliphatic heterocycles. The topological polar surface area (TPSA) is 80.6 Å². The van der Waals surface area contributed by atoms with Crippen molar-refractivity contribution in [3.05, 3.63) is 63.0 Å². The van der Waals surface area contributed by atoms with Gasteiger partial charge in [0.1, 0.15) is 22.4 Å². The zero-order valence-electron chi connectivity index (χ0n) is 13.5. The van der Waals surface area contributed by atoms with Crippen LogP contribution in [0.3, 0.4) is 0 Å². The van der Waals surface area contributed by atoms with Gasteiger partial charge < -0.3 is 4.98 Å². The summed E-state index contributed by atoms with van der Waals surface area (Å²) >= 11 is 0. The van der Waals surface area contributed by atoms with Gasteiger partial charge in [0, 0.05) is 17.8 Å². The van der Waals surface area contributed by atoms with Crippen LogP contribution in [-0.2, 0) is 0 Å². The zero-order chi connectivity index (χ0) is 17.0. The molecule has 0 atom stereocenters. The van der Waals surface area contributed by atoms with E-state index < -0.39 is 0 Å². The minimum atomic E-state index is -0.363. The van der Waals surface area contributed by atoms with Crippen molar-refractivity contribution in [2.75, 3.05) is 0 Å². The Balaban J connectivity index is 1.93. The molecule has 0 saturated heterocycles. The van der Waals surface area contributed by atoms with E-state index in [1.165, 1.54) is 0 Å².